The van der Waals surface area contributed by atoms with Crippen molar-refractivity contribution >= 4 is 40.6 Å². The fourth-order valence-corrected chi connectivity index (χ4v) is 5.92. The Labute approximate surface area is 238 Å². The van der Waals surface area contributed by atoms with Crippen LogP contribution in [-0.4, -0.2) is 24.2 Å². The Morgan fingerprint density at radius 1 is 1.18 bits per heavy atom. The molecule has 0 spiro atoms. The van der Waals surface area contributed by atoms with Gasteiger partial charge in [-0.25, -0.2) is 9.38 Å². The predicted molar refractivity (Wildman–Crippen MR) is 154 cm³/mol. The van der Waals surface area contributed by atoms with Crippen LogP contribution in [0.2, 0.25) is 5.02 Å². The number of allylic oxidation sites excluding steroid dienone is 1. The van der Waals surface area contributed by atoms with Crippen molar-refractivity contribution in [1.29, 1.82) is 0 Å². The highest BCUT2D eigenvalue weighted by Crippen LogP contribution is 2.36. The van der Waals surface area contributed by atoms with Crippen LogP contribution in [0.3, 0.4) is 0 Å². The van der Waals surface area contributed by atoms with E-state index in [0.29, 0.717) is 60.5 Å². The number of nitrogens with one attached hydrogen (secondary N) is 1. The van der Waals surface area contributed by atoms with Gasteiger partial charge in [-0.1, -0.05) is 53.3 Å². The average Bonchev–Trinajstić information content (AvgIpc) is 3.23. The van der Waals surface area contributed by atoms with Crippen LogP contribution in [0.15, 0.2) is 87.8 Å². The Kier molecular flexibility index (Phi) is 7.86. The quantitative estimate of drug-likeness (QED) is 0.332. The molecule has 5 rings (SSSR count). The molecule has 0 fully saturated rings. The molecule has 0 saturated carbocycles. The highest BCUT2D eigenvalue weighted by Gasteiger charge is 2.32. The second kappa shape index (κ2) is 11.5. The van der Waals surface area contributed by atoms with E-state index in [2.05, 4.69) is 10.3 Å². The monoisotopic (exact) mass is 577 g/mol. The molecule has 1 N–H and O–H groups in total. The lowest BCUT2D eigenvalue weighted by Crippen LogP contribution is -2.40. The van der Waals surface area contributed by atoms with Crippen molar-refractivity contribution in [2.75, 3.05) is 19.0 Å². The first-order chi connectivity index (χ1) is 19.3. The van der Waals surface area contributed by atoms with E-state index in [-0.39, 0.29) is 5.56 Å². The second-order valence-corrected chi connectivity index (χ2v) is 10.3. The van der Waals surface area contributed by atoms with Gasteiger partial charge in [0.15, 0.2) is 16.3 Å². The zero-order valence-electron chi connectivity index (χ0n) is 21.9. The molecule has 0 radical (unpaired) electrons. The number of hydrogen-bond acceptors (Lipinski definition) is 6. The van der Waals surface area contributed by atoms with Crippen LogP contribution in [0.1, 0.15) is 31.0 Å². The molecule has 1 aliphatic rings. The molecule has 40 heavy (non-hydrogen) atoms. The smallest absolute Gasteiger partial charge is 0.271 e. The first kappa shape index (κ1) is 27.4. The predicted octanol–water partition coefficient (Wildman–Crippen LogP) is 5.07. The maximum atomic E-state index is 13.9. The van der Waals surface area contributed by atoms with Crippen molar-refractivity contribution in [2.24, 2.45) is 4.99 Å². The average molecular weight is 578 g/mol. The molecule has 3 aromatic carbocycles. The number of amides is 1. The second-order valence-electron chi connectivity index (χ2n) is 8.92. The van der Waals surface area contributed by atoms with E-state index in [1.165, 1.54) is 35.1 Å². The number of carbonyl (C=O) groups excluding carboxylic acids is 1. The summed E-state index contributed by atoms with van der Waals surface area (Å²) < 4.78 is 26.8. The van der Waals surface area contributed by atoms with Gasteiger partial charge in [0.2, 0.25) is 0 Å². The Morgan fingerprint density at radius 2 is 1.90 bits per heavy atom. The van der Waals surface area contributed by atoms with Crippen molar-refractivity contribution in [3.05, 3.63) is 120 Å². The van der Waals surface area contributed by atoms with Crippen LogP contribution < -0.4 is 29.7 Å². The normalized spacial score (nSPS) is 14.9. The molecule has 1 atom stereocenters. The zero-order chi connectivity index (χ0) is 28.4. The van der Waals surface area contributed by atoms with Crippen molar-refractivity contribution in [2.45, 2.75) is 19.9 Å². The van der Waals surface area contributed by atoms with Gasteiger partial charge in [0.1, 0.15) is 5.82 Å². The number of para-hydroxylation sites is 1. The molecule has 1 aliphatic heterocycles. The third kappa shape index (κ3) is 5.30. The summed E-state index contributed by atoms with van der Waals surface area (Å²) >= 11 is 7.62. The molecular weight excluding hydrogens is 553 g/mol. The topological polar surface area (TPSA) is 81.9 Å². The van der Waals surface area contributed by atoms with Crippen LogP contribution in [0, 0.1) is 5.82 Å². The van der Waals surface area contributed by atoms with E-state index in [0.717, 1.165) is 0 Å². The van der Waals surface area contributed by atoms with Crippen molar-refractivity contribution in [3.8, 4) is 11.5 Å². The number of aromatic nitrogens is 1. The van der Waals surface area contributed by atoms with Gasteiger partial charge in [-0.3, -0.25) is 14.2 Å². The number of rotatable bonds is 7. The minimum absolute atomic E-state index is 0.292. The molecule has 1 amide bonds. The van der Waals surface area contributed by atoms with Gasteiger partial charge in [0, 0.05) is 5.69 Å². The number of thiazole rings is 1. The fraction of sp³-hybridized carbons (Fsp3) is 0.167. The summed E-state index contributed by atoms with van der Waals surface area (Å²) in [5.41, 5.74) is 2.22. The number of hydrogen-bond donors (Lipinski definition) is 1. The number of carbonyl (C=O) groups is 1. The Balaban J connectivity index is 1.66. The summed E-state index contributed by atoms with van der Waals surface area (Å²) in [6.07, 6.45) is 1.70. The first-order valence-corrected chi connectivity index (χ1v) is 13.6. The van der Waals surface area contributed by atoms with Crippen molar-refractivity contribution < 1.29 is 18.7 Å². The SMILES string of the molecule is CCOc1cc(/C=c2\sc3n(c2=O)[C@@H](c2ccc(F)cc2)C(C(=O)Nc2ccccc2)=C(C)N=3)cc(Cl)c1OC. The lowest BCUT2D eigenvalue weighted by Gasteiger charge is -2.25. The zero-order valence-corrected chi connectivity index (χ0v) is 23.5. The first-order valence-electron chi connectivity index (χ1n) is 12.5. The van der Waals surface area contributed by atoms with E-state index in [1.807, 2.05) is 25.1 Å². The number of methoxy groups -OCH3 is 1. The van der Waals surface area contributed by atoms with Gasteiger partial charge in [-0.05, 0) is 67.4 Å². The summed E-state index contributed by atoms with van der Waals surface area (Å²) in [4.78, 5) is 32.5. The minimum atomic E-state index is -0.818. The van der Waals surface area contributed by atoms with Gasteiger partial charge < -0.3 is 14.8 Å². The number of fused-ring (bicyclic) bond motifs is 1. The number of benzene rings is 3. The summed E-state index contributed by atoms with van der Waals surface area (Å²) in [7, 11) is 1.50. The van der Waals surface area contributed by atoms with E-state index >= 15 is 0 Å². The lowest BCUT2D eigenvalue weighted by molar-refractivity contribution is -0.113. The van der Waals surface area contributed by atoms with Gasteiger partial charge in [0.25, 0.3) is 11.5 Å². The van der Waals surface area contributed by atoms with Crippen molar-refractivity contribution in [3.63, 3.8) is 0 Å². The van der Waals surface area contributed by atoms with Gasteiger partial charge in [-0.2, -0.15) is 0 Å². The van der Waals surface area contributed by atoms with Gasteiger partial charge >= 0.3 is 0 Å². The van der Waals surface area contributed by atoms with E-state index in [1.54, 1.807) is 49.4 Å². The molecule has 7 nitrogen and oxygen atoms in total. The Morgan fingerprint density at radius 3 is 2.58 bits per heavy atom. The molecule has 10 heteroatoms. The highest BCUT2D eigenvalue weighted by atomic mass is 35.5. The maximum Gasteiger partial charge on any atom is 0.271 e. The number of ether oxygens (including phenoxy) is 2. The van der Waals surface area contributed by atoms with Crippen molar-refractivity contribution in [1.82, 2.24) is 4.57 Å². The summed E-state index contributed by atoms with van der Waals surface area (Å²) in [5.74, 6) is 0.0348. The molecule has 1 aromatic heterocycles. The van der Waals surface area contributed by atoms with Crippen LogP contribution >= 0.6 is 22.9 Å². The van der Waals surface area contributed by atoms with E-state index in [4.69, 9.17) is 21.1 Å². The largest absolute Gasteiger partial charge is 0.491 e. The number of nitrogens with zero attached hydrogens (tertiary/aromatic N) is 2. The lowest BCUT2D eigenvalue weighted by atomic mass is 9.95. The van der Waals surface area contributed by atoms with Crippen LogP contribution in [0.25, 0.3) is 6.08 Å². The van der Waals surface area contributed by atoms with E-state index < -0.39 is 17.8 Å². The molecule has 2 heterocycles. The minimum Gasteiger partial charge on any atom is -0.491 e. The third-order valence-electron chi connectivity index (χ3n) is 6.32. The summed E-state index contributed by atoms with van der Waals surface area (Å²) in [5, 5.41) is 3.23. The summed E-state index contributed by atoms with van der Waals surface area (Å²) in [6.45, 7) is 3.98. The third-order valence-corrected chi connectivity index (χ3v) is 7.58. The van der Waals surface area contributed by atoms with Gasteiger partial charge in [0.05, 0.1) is 40.6 Å². The molecule has 204 valence electrons. The summed E-state index contributed by atoms with van der Waals surface area (Å²) in [6, 6.07) is 17.4. The number of anilines is 1. The Hall–Kier alpha value is -4.21. The standard InChI is InChI=1S/C30H25ClFN3O4S/c1-4-39-23-15-18(14-22(31)27(23)38-3)16-24-29(37)35-26(19-10-12-20(32)13-11-19)25(17(2)33-30(35)40-24)28(36)34-21-8-6-5-7-9-21/h5-16,26H,4H2,1-3H3,(H,34,36)/b24-16-/t26-/m0/s1. The van der Waals surface area contributed by atoms with Crippen LogP contribution in [0.5, 0.6) is 11.5 Å². The van der Waals surface area contributed by atoms with Gasteiger partial charge in [-0.15, -0.1) is 0 Å². The van der Waals surface area contributed by atoms with Crippen LogP contribution in [0.4, 0.5) is 10.1 Å². The Bertz CT molecular complexity index is 1800. The maximum absolute atomic E-state index is 13.9. The molecule has 0 unspecified atom stereocenters. The molecule has 4 aromatic rings. The molecule has 0 bridgehead atoms. The van der Waals surface area contributed by atoms with Crippen LogP contribution in [-0.2, 0) is 4.79 Å². The molecule has 0 aliphatic carbocycles. The highest BCUT2D eigenvalue weighted by molar-refractivity contribution is 7.07. The molecular formula is C30H25ClFN3O4S. The fourth-order valence-electron chi connectivity index (χ4n) is 4.58. The van der Waals surface area contributed by atoms with E-state index in [9.17, 15) is 14.0 Å². The number of halogens is 2. The molecule has 0 saturated heterocycles.